The van der Waals surface area contributed by atoms with Crippen LogP contribution in [0.25, 0.3) is 0 Å². The van der Waals surface area contributed by atoms with Crippen molar-refractivity contribution in [2.45, 2.75) is 84.4 Å². The van der Waals surface area contributed by atoms with Crippen LogP contribution in [0.5, 0.6) is 0 Å². The normalized spacial score (nSPS) is 39.5. The minimum Gasteiger partial charge on any atom is -0.458 e. The van der Waals surface area contributed by atoms with Crippen molar-refractivity contribution < 1.29 is 48.4 Å². The van der Waals surface area contributed by atoms with Crippen molar-refractivity contribution in [3.63, 3.8) is 0 Å². The van der Waals surface area contributed by atoms with Gasteiger partial charge in [-0.3, -0.25) is 19.2 Å². The molecule has 1 aromatic rings. The summed E-state index contributed by atoms with van der Waals surface area (Å²) in [5.74, 6) is -5.87. The minimum absolute atomic E-state index is 0.166. The van der Waals surface area contributed by atoms with Gasteiger partial charge < -0.3 is 24.4 Å². The van der Waals surface area contributed by atoms with Crippen LogP contribution in [-0.4, -0.2) is 69.7 Å². The van der Waals surface area contributed by atoms with E-state index in [4.69, 9.17) is 14.2 Å². The van der Waals surface area contributed by atoms with E-state index in [1.54, 1.807) is 39.0 Å². The van der Waals surface area contributed by atoms with Gasteiger partial charge >= 0.3 is 17.9 Å². The zero-order valence-electron chi connectivity index (χ0n) is 24.2. The number of carbonyl (C=O) groups is 5. The number of esters is 3. The Morgan fingerprint density at radius 2 is 1.54 bits per heavy atom. The van der Waals surface area contributed by atoms with Gasteiger partial charge in [0.2, 0.25) is 0 Å². The van der Waals surface area contributed by atoms with Crippen LogP contribution in [0.1, 0.15) is 64.7 Å². The first-order valence-corrected chi connectivity index (χ1v) is 13.7. The van der Waals surface area contributed by atoms with Gasteiger partial charge in [0.05, 0.1) is 23.0 Å². The van der Waals surface area contributed by atoms with E-state index in [0.29, 0.717) is 0 Å². The molecule has 3 aliphatic carbocycles. The van der Waals surface area contributed by atoms with Gasteiger partial charge in [-0.05, 0) is 31.4 Å². The van der Waals surface area contributed by atoms with Gasteiger partial charge in [0.25, 0.3) is 0 Å². The highest BCUT2D eigenvalue weighted by atomic mass is 16.6. The predicted octanol–water partition coefficient (Wildman–Crippen LogP) is 2.58. The zero-order valence-corrected chi connectivity index (χ0v) is 24.2. The van der Waals surface area contributed by atoms with Crippen LogP contribution in [0.15, 0.2) is 43.0 Å². The Labute approximate surface area is 239 Å². The third-order valence-electron chi connectivity index (χ3n) is 9.66. The van der Waals surface area contributed by atoms with Gasteiger partial charge in [-0.1, -0.05) is 45.0 Å². The fourth-order valence-corrected chi connectivity index (χ4v) is 7.83. The lowest BCUT2D eigenvalue weighted by Gasteiger charge is -2.67. The van der Waals surface area contributed by atoms with E-state index in [0.717, 1.165) is 6.92 Å². The molecule has 2 N–H and O–H groups in total. The molecule has 41 heavy (non-hydrogen) atoms. The molecule has 10 heteroatoms. The number of aliphatic hydroxyl groups is 2. The largest absolute Gasteiger partial charge is 0.458 e. The maximum Gasteiger partial charge on any atom is 0.338 e. The lowest BCUT2D eigenvalue weighted by Crippen LogP contribution is -2.79. The maximum absolute atomic E-state index is 14.1. The van der Waals surface area contributed by atoms with Crippen molar-refractivity contribution in [1.82, 2.24) is 0 Å². The summed E-state index contributed by atoms with van der Waals surface area (Å²) in [4.78, 5) is 66.2. The number of fused-ring (bicyclic) bond motifs is 3. The number of hydrogen-bond donors (Lipinski definition) is 2. The summed E-state index contributed by atoms with van der Waals surface area (Å²) in [5, 5.41) is 23.5. The van der Waals surface area contributed by atoms with Crippen LogP contribution < -0.4 is 0 Å². The van der Waals surface area contributed by atoms with Gasteiger partial charge in [-0.25, -0.2) is 4.79 Å². The van der Waals surface area contributed by atoms with Gasteiger partial charge in [0.15, 0.2) is 17.5 Å². The van der Waals surface area contributed by atoms with Crippen LogP contribution in [0.3, 0.4) is 0 Å². The fraction of sp³-hybridized carbons (Fsp3) is 0.581. The SMILES string of the molecule is C=CC1(C)CC(=O)C2C(O)(C1=O)C(O)CC1C(C)(C)C(OC(C)=O)C(OC(C)=O)C(OC(=O)c3ccccc3)C12C. The molecule has 3 aliphatic rings. The van der Waals surface area contributed by atoms with Crippen LogP contribution >= 0.6 is 0 Å². The van der Waals surface area contributed by atoms with Crippen molar-refractivity contribution >= 4 is 29.5 Å². The van der Waals surface area contributed by atoms with Gasteiger partial charge in [-0.15, -0.1) is 6.58 Å². The van der Waals surface area contributed by atoms with Crippen molar-refractivity contribution in [3.8, 4) is 0 Å². The number of aliphatic hydroxyl groups excluding tert-OH is 1. The lowest BCUT2D eigenvalue weighted by atomic mass is 9.39. The first-order chi connectivity index (χ1) is 19.0. The molecule has 1 aromatic carbocycles. The van der Waals surface area contributed by atoms with E-state index >= 15 is 0 Å². The quantitative estimate of drug-likeness (QED) is 0.307. The number of ether oxygens (including phenoxy) is 3. The van der Waals surface area contributed by atoms with Crippen LogP contribution in [0.4, 0.5) is 0 Å². The molecule has 0 aromatic heterocycles. The maximum atomic E-state index is 14.1. The van der Waals surface area contributed by atoms with Crippen LogP contribution in [0.2, 0.25) is 0 Å². The molecule has 222 valence electrons. The standard InChI is InChI=1S/C31H38O10/c1-8-29(6)15-19(34)23-30(7)20(14-21(35)31(23,38)27(29)37)28(4,5)24(40-17(3)33)22(39-16(2)32)25(30)41-26(36)18-12-10-9-11-13-18/h8-13,20-25,35,38H,1,14-15H2,2-7H3. The second-order valence-corrected chi connectivity index (χ2v) is 12.6. The molecular weight excluding hydrogens is 532 g/mol. The smallest absolute Gasteiger partial charge is 0.338 e. The summed E-state index contributed by atoms with van der Waals surface area (Å²) < 4.78 is 17.5. The molecule has 0 spiro atoms. The number of allylic oxidation sites excluding steroid dienone is 1. The molecule has 3 saturated carbocycles. The van der Waals surface area contributed by atoms with E-state index in [2.05, 4.69) is 6.58 Å². The molecule has 4 rings (SSSR count). The van der Waals surface area contributed by atoms with Gasteiger partial charge in [0, 0.05) is 31.1 Å². The molecule has 10 nitrogen and oxygen atoms in total. The minimum atomic E-state index is -2.55. The number of benzene rings is 1. The molecule has 0 aliphatic heterocycles. The highest BCUT2D eigenvalue weighted by molar-refractivity contribution is 6.06. The molecule has 3 fully saturated rings. The fourth-order valence-electron chi connectivity index (χ4n) is 7.83. The number of hydrogen-bond acceptors (Lipinski definition) is 10. The zero-order chi connectivity index (χ0) is 30.7. The summed E-state index contributed by atoms with van der Waals surface area (Å²) >= 11 is 0. The second kappa shape index (κ2) is 10.2. The number of Topliss-reactive ketones (excluding diaryl/α,β-unsaturated/α-hetero) is 2. The summed E-state index contributed by atoms with van der Waals surface area (Å²) in [6, 6.07) is 8.01. The first kappa shape index (κ1) is 30.6. The molecule has 0 heterocycles. The third kappa shape index (κ3) is 4.52. The molecule has 9 atom stereocenters. The van der Waals surface area contributed by atoms with Gasteiger partial charge in [-0.2, -0.15) is 0 Å². The molecule has 0 saturated heterocycles. The number of ketones is 2. The highest BCUT2D eigenvalue weighted by Gasteiger charge is 2.77. The average Bonchev–Trinajstić information content (AvgIpc) is 2.89. The average molecular weight is 571 g/mol. The van der Waals surface area contributed by atoms with Gasteiger partial charge in [0.1, 0.15) is 18.0 Å². The Kier molecular flexibility index (Phi) is 7.58. The molecule has 0 bridgehead atoms. The van der Waals surface area contributed by atoms with E-state index < -0.39 is 87.6 Å². The predicted molar refractivity (Wildman–Crippen MR) is 144 cm³/mol. The first-order valence-electron chi connectivity index (χ1n) is 13.7. The van der Waals surface area contributed by atoms with E-state index in [-0.39, 0.29) is 18.4 Å². The Hall–Kier alpha value is -3.37. The lowest BCUT2D eigenvalue weighted by molar-refractivity contribution is -0.293. The highest BCUT2D eigenvalue weighted by Crippen LogP contribution is 2.66. The summed E-state index contributed by atoms with van der Waals surface area (Å²) in [6.45, 7) is 12.6. The summed E-state index contributed by atoms with van der Waals surface area (Å²) in [7, 11) is 0. The Balaban J connectivity index is 1.99. The monoisotopic (exact) mass is 570 g/mol. The Morgan fingerprint density at radius 3 is 2.07 bits per heavy atom. The van der Waals surface area contributed by atoms with Crippen molar-refractivity contribution in [2.24, 2.45) is 28.1 Å². The third-order valence-corrected chi connectivity index (χ3v) is 9.66. The van der Waals surface area contributed by atoms with Crippen molar-refractivity contribution in [1.29, 1.82) is 0 Å². The van der Waals surface area contributed by atoms with Crippen molar-refractivity contribution in [3.05, 3.63) is 48.6 Å². The summed E-state index contributed by atoms with van der Waals surface area (Å²) in [5.41, 5.74) is -6.48. The van der Waals surface area contributed by atoms with E-state index in [9.17, 15) is 34.2 Å². The van der Waals surface area contributed by atoms with E-state index in [1.807, 2.05) is 0 Å². The summed E-state index contributed by atoms with van der Waals surface area (Å²) in [6.07, 6.45) is -4.92. The molecular formula is C31H38O10. The topological polar surface area (TPSA) is 154 Å². The molecule has 9 unspecified atom stereocenters. The van der Waals surface area contributed by atoms with Crippen LogP contribution in [0, 0.1) is 28.1 Å². The second-order valence-electron chi connectivity index (χ2n) is 12.6. The molecule has 0 amide bonds. The number of rotatable bonds is 5. The Bertz CT molecular complexity index is 1290. The van der Waals surface area contributed by atoms with E-state index in [1.165, 1.54) is 32.1 Å². The Morgan fingerprint density at radius 1 is 0.951 bits per heavy atom. The van der Waals surface area contributed by atoms with Crippen molar-refractivity contribution in [2.75, 3.05) is 0 Å². The van der Waals surface area contributed by atoms with Crippen LogP contribution in [-0.2, 0) is 33.4 Å². The number of carbonyl (C=O) groups excluding carboxylic acids is 5. The molecule has 0 radical (unpaired) electrons.